The number of aromatic nitrogens is 3. The number of anilines is 1. The van der Waals surface area contributed by atoms with Crippen molar-refractivity contribution in [3.63, 3.8) is 0 Å². The van der Waals surface area contributed by atoms with E-state index >= 15 is 4.39 Å². The maximum atomic E-state index is 15.1. The molecule has 4 aromatic rings. The highest BCUT2D eigenvalue weighted by Gasteiger charge is 2.49. The van der Waals surface area contributed by atoms with E-state index in [9.17, 15) is 26.7 Å². The fourth-order valence-electron chi connectivity index (χ4n) is 6.89. The molecule has 4 atom stereocenters. The molecule has 0 aliphatic carbocycles. The zero-order valence-corrected chi connectivity index (χ0v) is 25.5. The Bertz CT molecular complexity index is 1910. The van der Waals surface area contributed by atoms with Gasteiger partial charge < -0.3 is 20.1 Å². The van der Waals surface area contributed by atoms with Gasteiger partial charge in [-0.1, -0.05) is 17.9 Å². The van der Waals surface area contributed by atoms with Gasteiger partial charge in [0.2, 0.25) is 11.8 Å². The third kappa shape index (κ3) is 5.60. The van der Waals surface area contributed by atoms with Gasteiger partial charge in [0.25, 0.3) is 0 Å². The molecule has 248 valence electrons. The average molecular weight is 679 g/mol. The Morgan fingerprint density at radius 1 is 1.15 bits per heavy atom. The number of nitrogens with two attached hydrogens (primary N) is 1. The molecule has 0 radical (unpaired) electrons. The molecule has 1 amide bonds. The van der Waals surface area contributed by atoms with Crippen LogP contribution in [-0.2, 0) is 11.0 Å². The molecule has 5 heterocycles. The smallest absolute Gasteiger partial charge is 0.417 e. The molecule has 0 spiro atoms. The van der Waals surface area contributed by atoms with Crippen LogP contribution in [0.25, 0.3) is 32.2 Å². The third-order valence-corrected chi connectivity index (χ3v) is 9.96. The van der Waals surface area contributed by atoms with Crippen molar-refractivity contribution in [3.8, 4) is 23.0 Å². The van der Waals surface area contributed by atoms with Crippen molar-refractivity contribution in [2.45, 2.75) is 49.4 Å². The average Bonchev–Trinajstić information content (AvgIpc) is 3.77. The van der Waals surface area contributed by atoms with Crippen molar-refractivity contribution in [1.29, 1.82) is 0 Å². The number of nitrogens with zero attached hydrogens (tertiary/aromatic N) is 5. The van der Waals surface area contributed by atoms with Crippen molar-refractivity contribution in [3.05, 3.63) is 48.3 Å². The summed E-state index contributed by atoms with van der Waals surface area (Å²) in [4.78, 5) is 28.1. The van der Waals surface area contributed by atoms with Crippen LogP contribution in [0.4, 0.5) is 31.5 Å². The van der Waals surface area contributed by atoms with Crippen molar-refractivity contribution < 1.29 is 40.6 Å². The molecule has 3 aliphatic heterocycles. The topological polar surface area (TPSA) is 107 Å². The van der Waals surface area contributed by atoms with Crippen LogP contribution in [0, 0.1) is 5.82 Å². The number of hydrogen-bond donors (Lipinski definition) is 1. The fourth-order valence-corrected chi connectivity index (χ4v) is 7.66. The maximum absolute atomic E-state index is 15.1. The number of ether oxygens (including phenoxy) is 2. The predicted octanol–water partition coefficient (Wildman–Crippen LogP) is 5.72. The van der Waals surface area contributed by atoms with Gasteiger partial charge in [0.1, 0.15) is 18.6 Å². The van der Waals surface area contributed by atoms with E-state index in [1.54, 1.807) is 0 Å². The molecule has 16 heteroatoms. The lowest BCUT2D eigenvalue weighted by Gasteiger charge is -2.30. The molecule has 0 saturated carbocycles. The number of carbonyl (C=O) groups excluding carboxylic acids is 1. The Labute approximate surface area is 268 Å². The first-order valence-corrected chi connectivity index (χ1v) is 15.7. The van der Waals surface area contributed by atoms with Crippen LogP contribution in [0.15, 0.2) is 36.9 Å². The summed E-state index contributed by atoms with van der Waals surface area (Å²) in [7, 11) is 0. The number of benzene rings is 2. The summed E-state index contributed by atoms with van der Waals surface area (Å²) in [5.74, 6) is -1.61. The summed E-state index contributed by atoms with van der Waals surface area (Å²) in [6.45, 7) is 3.88. The Balaban J connectivity index is 1.36. The SMILES string of the molecule is C=CC(=O)N1CC(F)C(Oc2nc(OCC34CCCN3CC(F)C4)nc3cc(-c4ccc(F)c5sc(N)nc45)c(C(F)(F)F)cc23)C1. The Hall–Kier alpha value is -4.18. The monoisotopic (exact) mass is 678 g/mol. The minimum absolute atomic E-state index is 0.0131. The summed E-state index contributed by atoms with van der Waals surface area (Å²) in [5.41, 5.74) is 3.58. The summed E-state index contributed by atoms with van der Waals surface area (Å²) in [6, 6.07) is 3.88. The number of thiazole rings is 1. The first kappa shape index (κ1) is 31.4. The van der Waals surface area contributed by atoms with Crippen molar-refractivity contribution in [2.24, 2.45) is 0 Å². The minimum atomic E-state index is -4.92. The largest absolute Gasteiger partial charge is 0.469 e. The van der Waals surface area contributed by atoms with E-state index in [0.717, 1.165) is 42.0 Å². The second-order valence-electron chi connectivity index (χ2n) is 12.0. The standard InChI is InChI=1S/C31H28F6N6O3S/c1-2-24(44)42-12-21(34)23(13-42)46-27-18-8-19(31(35,36)37)17(16-4-5-20(33)26-25(16)40-28(38)47-26)9-22(18)39-29(41-27)45-14-30-6-3-7-43(30)11-15(32)10-30/h2,4-5,8-9,15,21,23H,1,3,6-7,10-14H2,(H2,38,40). The quantitative estimate of drug-likeness (QED) is 0.196. The van der Waals surface area contributed by atoms with Crippen LogP contribution in [0.5, 0.6) is 11.9 Å². The Morgan fingerprint density at radius 2 is 1.96 bits per heavy atom. The van der Waals surface area contributed by atoms with Gasteiger partial charge in [0.05, 0.1) is 45.3 Å². The van der Waals surface area contributed by atoms with Gasteiger partial charge in [-0.2, -0.15) is 23.1 Å². The van der Waals surface area contributed by atoms with Gasteiger partial charge in [-0.05, 0) is 55.3 Å². The Morgan fingerprint density at radius 3 is 2.72 bits per heavy atom. The number of halogens is 6. The number of alkyl halides is 5. The van der Waals surface area contributed by atoms with Crippen LogP contribution >= 0.6 is 11.3 Å². The van der Waals surface area contributed by atoms with Gasteiger partial charge in [0, 0.05) is 18.5 Å². The lowest BCUT2D eigenvalue weighted by molar-refractivity contribution is -0.137. The molecule has 3 fully saturated rings. The molecule has 2 N–H and O–H groups in total. The zero-order valence-electron chi connectivity index (χ0n) is 24.7. The second-order valence-corrected chi connectivity index (χ2v) is 13.1. The lowest BCUT2D eigenvalue weighted by atomic mass is 9.95. The highest BCUT2D eigenvalue weighted by Crippen LogP contribution is 2.45. The number of carbonyl (C=O) groups is 1. The van der Waals surface area contributed by atoms with Crippen LogP contribution in [0.3, 0.4) is 0 Å². The van der Waals surface area contributed by atoms with Crippen LogP contribution in [0.1, 0.15) is 24.8 Å². The number of fused-ring (bicyclic) bond motifs is 3. The number of rotatable bonds is 7. The molecule has 47 heavy (non-hydrogen) atoms. The summed E-state index contributed by atoms with van der Waals surface area (Å²) in [5, 5.41) is -0.228. The van der Waals surface area contributed by atoms with Gasteiger partial charge in [0.15, 0.2) is 17.4 Å². The van der Waals surface area contributed by atoms with E-state index in [2.05, 4.69) is 21.5 Å². The van der Waals surface area contributed by atoms with Crippen LogP contribution in [0.2, 0.25) is 0 Å². The second kappa shape index (κ2) is 11.5. The number of nitrogen functional groups attached to an aromatic ring is 1. The number of likely N-dealkylation sites (tertiary alicyclic amines) is 1. The summed E-state index contributed by atoms with van der Waals surface area (Å²) in [6.07, 6.45) is -6.09. The molecule has 0 bridgehead atoms. The molecule has 2 aromatic heterocycles. The van der Waals surface area contributed by atoms with E-state index in [4.69, 9.17) is 15.2 Å². The lowest BCUT2D eigenvalue weighted by Crippen LogP contribution is -2.43. The van der Waals surface area contributed by atoms with Crippen molar-refractivity contribution in [1.82, 2.24) is 24.8 Å². The highest BCUT2D eigenvalue weighted by atomic mass is 32.1. The molecule has 4 unspecified atom stereocenters. The Kier molecular flexibility index (Phi) is 7.69. The minimum Gasteiger partial charge on any atom is -0.469 e. The number of hydrogen-bond acceptors (Lipinski definition) is 9. The third-order valence-electron chi connectivity index (χ3n) is 9.07. The van der Waals surface area contributed by atoms with Crippen LogP contribution < -0.4 is 15.2 Å². The van der Waals surface area contributed by atoms with Gasteiger partial charge in [-0.25, -0.2) is 18.2 Å². The van der Waals surface area contributed by atoms with Crippen LogP contribution in [-0.4, -0.2) is 87.4 Å². The zero-order chi connectivity index (χ0) is 33.2. The molecule has 7 rings (SSSR count). The first-order valence-electron chi connectivity index (χ1n) is 14.9. The maximum Gasteiger partial charge on any atom is 0.417 e. The molecule has 3 saturated heterocycles. The normalized spacial score (nSPS) is 24.7. The summed E-state index contributed by atoms with van der Waals surface area (Å²) >= 11 is 0.801. The summed E-state index contributed by atoms with van der Waals surface area (Å²) < 4.78 is 100. The molecule has 2 aromatic carbocycles. The predicted molar refractivity (Wildman–Crippen MR) is 162 cm³/mol. The number of amides is 1. The van der Waals surface area contributed by atoms with Crippen molar-refractivity contribution >= 4 is 43.5 Å². The molecular weight excluding hydrogens is 650 g/mol. The first-order chi connectivity index (χ1) is 22.3. The fraction of sp³-hybridized carbons (Fsp3) is 0.419. The van der Waals surface area contributed by atoms with Crippen molar-refractivity contribution in [2.75, 3.05) is 38.5 Å². The molecule has 3 aliphatic rings. The molecule has 9 nitrogen and oxygen atoms in total. The van der Waals surface area contributed by atoms with Gasteiger partial charge >= 0.3 is 12.2 Å². The van der Waals surface area contributed by atoms with Gasteiger partial charge in [-0.15, -0.1) is 0 Å². The van der Waals surface area contributed by atoms with E-state index in [0.29, 0.717) is 13.0 Å². The highest BCUT2D eigenvalue weighted by molar-refractivity contribution is 7.22. The van der Waals surface area contributed by atoms with E-state index in [1.807, 2.05) is 4.90 Å². The van der Waals surface area contributed by atoms with E-state index < -0.39 is 47.5 Å². The molecular formula is C31H28F6N6O3S. The van der Waals surface area contributed by atoms with E-state index in [-0.39, 0.29) is 81.9 Å². The van der Waals surface area contributed by atoms with Gasteiger partial charge in [-0.3, -0.25) is 9.69 Å². The van der Waals surface area contributed by atoms with E-state index in [1.165, 1.54) is 11.0 Å².